The predicted octanol–water partition coefficient (Wildman–Crippen LogP) is 3.64. The molecule has 0 aliphatic carbocycles. The van der Waals surface area contributed by atoms with E-state index in [-0.39, 0.29) is 24.0 Å². The van der Waals surface area contributed by atoms with E-state index in [1.165, 1.54) is 11.8 Å². The molecular formula is C20H20IN5O2S. The molecule has 9 heteroatoms. The molecule has 2 amide bonds. The molecule has 2 N–H and O–H groups in total. The average molecular weight is 521 g/mol. The SMILES string of the molecule is Cc1cc(I)ccc1NC(=O)CSc1nnc(CC(=O)Nc2ccccc2)n1C. The Kier molecular flexibility index (Phi) is 7.26. The number of hydrogen-bond acceptors (Lipinski definition) is 5. The summed E-state index contributed by atoms with van der Waals surface area (Å²) < 4.78 is 2.86. The molecule has 0 aliphatic rings. The Labute approximate surface area is 186 Å². The van der Waals surface area contributed by atoms with Gasteiger partial charge in [0.1, 0.15) is 5.82 Å². The highest BCUT2D eigenvalue weighted by molar-refractivity contribution is 14.1. The number of aromatic nitrogens is 3. The number of benzene rings is 2. The van der Waals surface area contributed by atoms with E-state index in [2.05, 4.69) is 43.4 Å². The zero-order valence-corrected chi connectivity index (χ0v) is 19.0. The Morgan fingerprint density at radius 3 is 2.55 bits per heavy atom. The smallest absolute Gasteiger partial charge is 0.234 e. The molecule has 2 aromatic carbocycles. The minimum Gasteiger partial charge on any atom is -0.326 e. The first kappa shape index (κ1) is 21.3. The Bertz CT molecular complexity index is 1020. The van der Waals surface area contributed by atoms with E-state index in [0.29, 0.717) is 11.0 Å². The molecule has 7 nitrogen and oxygen atoms in total. The molecule has 0 spiro atoms. The lowest BCUT2D eigenvalue weighted by Gasteiger charge is -2.09. The van der Waals surface area contributed by atoms with Gasteiger partial charge in [-0.1, -0.05) is 30.0 Å². The Balaban J connectivity index is 1.53. The summed E-state index contributed by atoms with van der Waals surface area (Å²) >= 11 is 3.52. The third kappa shape index (κ3) is 6.04. The summed E-state index contributed by atoms with van der Waals surface area (Å²) in [7, 11) is 1.79. The Morgan fingerprint density at radius 1 is 1.07 bits per heavy atom. The van der Waals surface area contributed by atoms with Gasteiger partial charge >= 0.3 is 0 Å². The van der Waals surface area contributed by atoms with Crippen LogP contribution in [-0.2, 0) is 23.1 Å². The second-order valence-corrected chi connectivity index (χ2v) is 8.53. The van der Waals surface area contributed by atoms with Gasteiger partial charge in [0, 0.05) is 22.0 Å². The summed E-state index contributed by atoms with van der Waals surface area (Å²) in [4.78, 5) is 24.5. The van der Waals surface area contributed by atoms with Crippen molar-refractivity contribution < 1.29 is 9.59 Å². The maximum absolute atomic E-state index is 12.3. The number of carbonyl (C=O) groups is 2. The molecular weight excluding hydrogens is 501 g/mol. The third-order valence-electron chi connectivity index (χ3n) is 4.10. The first-order valence-electron chi connectivity index (χ1n) is 8.84. The summed E-state index contributed by atoms with van der Waals surface area (Å²) in [6.07, 6.45) is 0.104. The molecule has 0 atom stereocenters. The summed E-state index contributed by atoms with van der Waals surface area (Å²) in [5.74, 6) is 0.448. The van der Waals surface area contributed by atoms with Gasteiger partial charge in [0.25, 0.3) is 0 Å². The maximum atomic E-state index is 12.3. The third-order valence-corrected chi connectivity index (χ3v) is 5.79. The second kappa shape index (κ2) is 9.88. The van der Waals surface area contributed by atoms with Crippen molar-refractivity contribution in [2.75, 3.05) is 16.4 Å². The van der Waals surface area contributed by atoms with Gasteiger partial charge in [-0.2, -0.15) is 0 Å². The number of aryl methyl sites for hydroxylation is 1. The zero-order valence-electron chi connectivity index (χ0n) is 16.0. The first-order valence-corrected chi connectivity index (χ1v) is 10.9. The fourth-order valence-electron chi connectivity index (χ4n) is 2.58. The largest absolute Gasteiger partial charge is 0.326 e. The monoisotopic (exact) mass is 521 g/mol. The van der Waals surface area contributed by atoms with Crippen molar-refractivity contribution in [2.45, 2.75) is 18.5 Å². The zero-order chi connectivity index (χ0) is 20.8. The first-order chi connectivity index (χ1) is 13.9. The molecule has 0 saturated carbocycles. The van der Waals surface area contributed by atoms with Gasteiger partial charge in [0.15, 0.2) is 5.16 Å². The normalized spacial score (nSPS) is 10.6. The van der Waals surface area contributed by atoms with Gasteiger partial charge < -0.3 is 15.2 Å². The van der Waals surface area contributed by atoms with Crippen LogP contribution in [0.3, 0.4) is 0 Å². The van der Waals surface area contributed by atoms with Crippen molar-refractivity contribution in [3.8, 4) is 0 Å². The minimum absolute atomic E-state index is 0.104. The average Bonchev–Trinajstić information content (AvgIpc) is 3.03. The molecule has 3 rings (SSSR count). The van der Waals surface area contributed by atoms with E-state index in [1.54, 1.807) is 11.6 Å². The Hall–Kier alpha value is -2.40. The number of halogens is 1. The number of para-hydroxylation sites is 1. The van der Waals surface area contributed by atoms with Crippen LogP contribution in [-0.4, -0.2) is 32.3 Å². The van der Waals surface area contributed by atoms with Crippen LogP contribution >= 0.6 is 34.4 Å². The van der Waals surface area contributed by atoms with Crippen molar-refractivity contribution in [2.24, 2.45) is 7.05 Å². The lowest BCUT2D eigenvalue weighted by atomic mass is 10.2. The summed E-state index contributed by atoms with van der Waals surface area (Å²) in [5.41, 5.74) is 2.55. The molecule has 29 heavy (non-hydrogen) atoms. The molecule has 0 unspecified atom stereocenters. The van der Waals surface area contributed by atoms with Crippen molar-refractivity contribution in [1.82, 2.24) is 14.8 Å². The van der Waals surface area contributed by atoms with Gasteiger partial charge in [-0.3, -0.25) is 9.59 Å². The van der Waals surface area contributed by atoms with Crippen molar-refractivity contribution in [3.63, 3.8) is 0 Å². The highest BCUT2D eigenvalue weighted by atomic mass is 127. The molecule has 1 heterocycles. The summed E-state index contributed by atoms with van der Waals surface area (Å²) in [6.45, 7) is 1.96. The van der Waals surface area contributed by atoms with Crippen LogP contribution in [0.15, 0.2) is 53.7 Å². The molecule has 3 aromatic rings. The van der Waals surface area contributed by atoms with Crippen molar-refractivity contribution in [3.05, 3.63) is 63.5 Å². The van der Waals surface area contributed by atoms with Crippen LogP contribution in [0.1, 0.15) is 11.4 Å². The fraction of sp³-hybridized carbons (Fsp3) is 0.200. The number of hydrogen-bond donors (Lipinski definition) is 2. The topological polar surface area (TPSA) is 88.9 Å². The van der Waals surface area contributed by atoms with Gasteiger partial charge in [0.05, 0.1) is 12.2 Å². The molecule has 0 radical (unpaired) electrons. The number of thioether (sulfide) groups is 1. The van der Waals surface area contributed by atoms with Crippen LogP contribution in [0.5, 0.6) is 0 Å². The molecule has 1 aromatic heterocycles. The van der Waals surface area contributed by atoms with Crippen LogP contribution in [0, 0.1) is 10.5 Å². The molecule has 0 aliphatic heterocycles. The Morgan fingerprint density at radius 2 is 1.83 bits per heavy atom. The van der Waals surface area contributed by atoms with Crippen LogP contribution in [0.25, 0.3) is 0 Å². The van der Waals surface area contributed by atoms with Gasteiger partial charge in [-0.25, -0.2) is 0 Å². The quantitative estimate of drug-likeness (QED) is 0.366. The van der Waals surface area contributed by atoms with Crippen molar-refractivity contribution in [1.29, 1.82) is 0 Å². The summed E-state index contributed by atoms with van der Waals surface area (Å²) in [5, 5.41) is 14.5. The second-order valence-electron chi connectivity index (χ2n) is 6.34. The van der Waals surface area contributed by atoms with Crippen molar-refractivity contribution >= 4 is 57.5 Å². The van der Waals surface area contributed by atoms with E-state index >= 15 is 0 Å². The van der Waals surface area contributed by atoms with E-state index < -0.39 is 0 Å². The predicted molar refractivity (Wildman–Crippen MR) is 123 cm³/mol. The van der Waals surface area contributed by atoms with E-state index in [4.69, 9.17) is 0 Å². The highest BCUT2D eigenvalue weighted by Gasteiger charge is 2.15. The molecule has 150 valence electrons. The number of rotatable bonds is 7. The standard InChI is InChI=1S/C20H20IN5O2S/c1-13-10-14(21)8-9-16(13)23-19(28)12-29-20-25-24-17(26(20)2)11-18(27)22-15-6-4-3-5-7-15/h3-10H,11-12H2,1-2H3,(H,22,27)(H,23,28). The number of anilines is 2. The molecule has 0 saturated heterocycles. The van der Waals surface area contributed by atoms with E-state index in [9.17, 15) is 9.59 Å². The van der Waals surface area contributed by atoms with Gasteiger partial charge in [-0.05, 0) is 65.4 Å². The maximum Gasteiger partial charge on any atom is 0.234 e. The molecule has 0 bridgehead atoms. The lowest BCUT2D eigenvalue weighted by Crippen LogP contribution is -2.17. The van der Waals surface area contributed by atoms with E-state index in [1.807, 2.05) is 55.5 Å². The van der Waals surface area contributed by atoms with Gasteiger partial charge in [-0.15, -0.1) is 10.2 Å². The number of amides is 2. The fourth-order valence-corrected chi connectivity index (χ4v) is 3.96. The number of carbonyl (C=O) groups excluding carboxylic acids is 2. The van der Waals surface area contributed by atoms with Gasteiger partial charge in [0.2, 0.25) is 11.8 Å². The number of nitrogens with one attached hydrogen (secondary N) is 2. The number of nitrogens with zero attached hydrogens (tertiary/aromatic N) is 3. The minimum atomic E-state index is -0.171. The summed E-state index contributed by atoms with van der Waals surface area (Å²) in [6, 6.07) is 15.1. The van der Waals surface area contributed by atoms with Crippen LogP contribution < -0.4 is 10.6 Å². The molecule has 0 fully saturated rings. The van der Waals surface area contributed by atoms with Crippen LogP contribution in [0.4, 0.5) is 11.4 Å². The lowest BCUT2D eigenvalue weighted by molar-refractivity contribution is -0.116. The van der Waals surface area contributed by atoms with E-state index in [0.717, 1.165) is 20.5 Å². The highest BCUT2D eigenvalue weighted by Crippen LogP contribution is 2.20. The van der Waals surface area contributed by atoms with Crippen LogP contribution in [0.2, 0.25) is 0 Å².